The molecule has 1 aromatic heterocycles. The molecule has 0 saturated carbocycles. The molecule has 2 aromatic carbocycles. The molecule has 0 amide bonds. The molecule has 0 saturated heterocycles. The normalized spacial score (nSPS) is 12.1. The number of alkyl halides is 1. The zero-order chi connectivity index (χ0) is 20.1. The predicted molar refractivity (Wildman–Crippen MR) is 109 cm³/mol. The first-order chi connectivity index (χ1) is 13.5. The Balaban J connectivity index is 1.67. The maximum atomic E-state index is 12.8. The minimum absolute atomic E-state index is 0.0320. The van der Waals surface area contributed by atoms with E-state index in [4.69, 9.17) is 4.74 Å². The van der Waals surface area contributed by atoms with Crippen LogP contribution in [0.25, 0.3) is 10.9 Å². The summed E-state index contributed by atoms with van der Waals surface area (Å²) in [5, 5.41) is 0.625. The van der Waals surface area contributed by atoms with Gasteiger partial charge in [0.25, 0.3) is 0 Å². The molecule has 28 heavy (non-hydrogen) atoms. The van der Waals surface area contributed by atoms with Gasteiger partial charge in [-0.25, -0.2) is 4.98 Å². The van der Waals surface area contributed by atoms with Crippen LogP contribution in [0.4, 0.5) is 0 Å². The number of aromatic nitrogens is 2. The van der Waals surface area contributed by atoms with Gasteiger partial charge >= 0.3 is 130 Å². The predicted octanol–water partition coefficient (Wildman–Crippen LogP) is 3.42. The van der Waals surface area contributed by atoms with E-state index in [1.807, 2.05) is 49.4 Å². The number of aryl methyl sites for hydroxylation is 1. The first-order valence-corrected chi connectivity index (χ1v) is 11.4. The van der Waals surface area contributed by atoms with Crippen LogP contribution in [0.5, 0.6) is 5.75 Å². The second-order valence-electron chi connectivity index (χ2n) is 6.32. The third kappa shape index (κ3) is 5.06. The third-order valence-corrected chi connectivity index (χ3v) is 7.37. The molecule has 3 aromatic rings. The number of nitrogens with zero attached hydrogens (tertiary/aromatic N) is 2. The van der Waals surface area contributed by atoms with Crippen LogP contribution >= 0.6 is 15.9 Å². The molecule has 0 aliphatic rings. The van der Waals surface area contributed by atoms with Crippen molar-refractivity contribution < 1.29 is 34.3 Å². The second kappa shape index (κ2) is 9.75. The van der Waals surface area contributed by atoms with Gasteiger partial charge in [0.15, 0.2) is 0 Å². The second-order valence-corrected chi connectivity index (χ2v) is 8.88. The number of rotatable bonds is 8. The molecule has 146 valence electrons. The van der Waals surface area contributed by atoms with Crippen molar-refractivity contribution in [2.45, 2.75) is 31.1 Å². The van der Waals surface area contributed by atoms with Crippen LogP contribution in [0.3, 0.4) is 0 Å². The van der Waals surface area contributed by atoms with E-state index < -0.39 is 0 Å². The monoisotopic (exact) mass is 637 g/mol. The van der Waals surface area contributed by atoms with Gasteiger partial charge in [-0.15, -0.1) is 0 Å². The Morgan fingerprint density at radius 3 is 2.61 bits per heavy atom. The van der Waals surface area contributed by atoms with Crippen molar-refractivity contribution in [3.8, 4) is 5.75 Å². The van der Waals surface area contributed by atoms with Crippen molar-refractivity contribution in [3.05, 3.63) is 70.3 Å². The number of fused-ring (bicyclic) bond motifs is 1. The van der Waals surface area contributed by atoms with E-state index in [9.17, 15) is 9.59 Å². The molecule has 5 nitrogen and oxygen atoms in total. The van der Waals surface area contributed by atoms with Crippen LogP contribution < -0.4 is 10.3 Å². The molecule has 0 bridgehead atoms. The fourth-order valence-electron chi connectivity index (χ4n) is 2.98. The first-order valence-electron chi connectivity index (χ1n) is 9.03. The van der Waals surface area contributed by atoms with Gasteiger partial charge in [0.1, 0.15) is 0 Å². The molecular weight excluding hydrogens is 618 g/mol. The van der Waals surface area contributed by atoms with Crippen molar-refractivity contribution in [1.29, 1.82) is 0 Å². The van der Waals surface area contributed by atoms with E-state index in [1.54, 1.807) is 10.6 Å². The molecule has 1 unspecified atom stereocenters. The molecule has 0 spiro atoms. The Morgan fingerprint density at radius 2 is 1.93 bits per heavy atom. The standard InChI is InChI=1S/C21H20AtBrN2O3/c1-2-19-24-18-6-4-3-5-16(18)21(27)25(19)11-12-28-15-9-7-14(8-10-15)13-17(23)20(22)26/h3-10,17H,2,11-13H2,1H3. The number of carbonyl (C=O) groups is 1. The molecule has 0 fully saturated rings. The van der Waals surface area contributed by atoms with Crippen molar-refractivity contribution in [3.63, 3.8) is 0 Å². The van der Waals surface area contributed by atoms with Gasteiger partial charge < -0.3 is 0 Å². The van der Waals surface area contributed by atoms with Gasteiger partial charge in [0.05, 0.1) is 10.9 Å². The zero-order valence-electron chi connectivity index (χ0n) is 15.4. The zero-order valence-corrected chi connectivity index (χ0v) is 19.9. The molecule has 0 N–H and O–H groups in total. The Kier molecular flexibility index (Phi) is 7.36. The number of para-hydroxylation sites is 1. The molecule has 1 atom stereocenters. The Bertz CT molecular complexity index is 1030. The van der Waals surface area contributed by atoms with Crippen molar-refractivity contribution >= 4 is 30.3 Å². The van der Waals surface area contributed by atoms with E-state index in [-0.39, 0.29) is 13.9 Å². The Labute approximate surface area is 187 Å². The maximum absolute atomic E-state index is 12.8. The third-order valence-electron chi connectivity index (χ3n) is 4.43. The van der Waals surface area contributed by atoms with E-state index >= 15 is 0 Å². The Hall–Kier alpha value is -1.59. The summed E-state index contributed by atoms with van der Waals surface area (Å²) in [7, 11) is 0. The van der Waals surface area contributed by atoms with Gasteiger partial charge in [-0.1, -0.05) is 19.1 Å². The average Bonchev–Trinajstić information content (AvgIpc) is 2.70. The summed E-state index contributed by atoms with van der Waals surface area (Å²) in [5.74, 6) is 1.50. The molecule has 0 radical (unpaired) electrons. The number of carbonyl (C=O) groups excluding carboxylic acids is 1. The van der Waals surface area contributed by atoms with Crippen LogP contribution in [-0.2, 0) is 24.2 Å². The average molecular weight is 638 g/mol. The summed E-state index contributed by atoms with van der Waals surface area (Å²) in [4.78, 5) is 28.6. The molecule has 1 heterocycles. The minimum atomic E-state index is -0.143. The van der Waals surface area contributed by atoms with Gasteiger partial charge in [0.2, 0.25) is 0 Å². The SMILES string of the molecule is CCc1nc2ccccc2c(=O)n1CCOc1ccc(CC(Br)C(=O)[At])cc1. The molecule has 0 aliphatic heterocycles. The number of benzene rings is 2. The summed E-state index contributed by atoms with van der Waals surface area (Å²) in [6.07, 6.45) is 1.34. The number of hydrogen-bond donors (Lipinski definition) is 0. The summed E-state index contributed by atoms with van der Waals surface area (Å²) >= 11 is 4.56. The first kappa shape index (κ1) is 21.1. The van der Waals surface area contributed by atoms with E-state index in [0.29, 0.717) is 31.4 Å². The van der Waals surface area contributed by atoms with E-state index in [2.05, 4.69) is 20.9 Å². The van der Waals surface area contributed by atoms with Gasteiger partial charge in [-0.3, -0.25) is 4.79 Å². The molecule has 3 rings (SSSR count). The van der Waals surface area contributed by atoms with Gasteiger partial charge in [0, 0.05) is 6.42 Å². The van der Waals surface area contributed by atoms with Gasteiger partial charge in [-0.05, 0) is 12.1 Å². The molecule has 0 aliphatic carbocycles. The number of halogens is 1. The van der Waals surface area contributed by atoms with Crippen LogP contribution in [0.2, 0.25) is 0 Å². The van der Waals surface area contributed by atoms with E-state index in [0.717, 1.165) is 47.4 Å². The summed E-state index contributed by atoms with van der Waals surface area (Å²) in [5.41, 5.74) is 1.77. The summed E-state index contributed by atoms with van der Waals surface area (Å²) in [6.45, 7) is 2.81. The summed E-state index contributed by atoms with van der Waals surface area (Å²) in [6, 6.07) is 15.1. The number of ether oxygens (including phenoxy) is 1. The van der Waals surface area contributed by atoms with E-state index in [1.165, 1.54) is 0 Å². The topological polar surface area (TPSA) is 61.2 Å². The summed E-state index contributed by atoms with van der Waals surface area (Å²) < 4.78 is 7.68. The van der Waals surface area contributed by atoms with Crippen LogP contribution in [0, 0.1) is 24.7 Å². The van der Waals surface area contributed by atoms with Crippen LogP contribution in [0.15, 0.2) is 53.3 Å². The molecule has 7 heteroatoms. The van der Waals surface area contributed by atoms with Crippen molar-refractivity contribution in [2.24, 2.45) is 0 Å². The number of hydrogen-bond acceptors (Lipinski definition) is 4. The van der Waals surface area contributed by atoms with Crippen molar-refractivity contribution in [1.82, 2.24) is 9.55 Å². The molecular formula is C21H20AtBrN2O3. The van der Waals surface area contributed by atoms with Crippen LogP contribution in [-0.4, -0.2) is 24.5 Å². The fourth-order valence-corrected chi connectivity index (χ4v) is 3.65. The van der Waals surface area contributed by atoms with Gasteiger partial charge in [-0.2, -0.15) is 0 Å². The van der Waals surface area contributed by atoms with Crippen LogP contribution in [0.1, 0.15) is 18.3 Å². The quantitative estimate of drug-likeness (QED) is 0.355. The fraction of sp³-hybridized carbons (Fsp3) is 0.286. The van der Waals surface area contributed by atoms with Crippen molar-refractivity contribution in [2.75, 3.05) is 6.61 Å². The Morgan fingerprint density at radius 1 is 1.21 bits per heavy atom.